The van der Waals surface area contributed by atoms with Crippen LogP contribution in [0.15, 0.2) is 18.2 Å². The van der Waals surface area contributed by atoms with Crippen LogP contribution >= 0.6 is 12.2 Å². The third kappa shape index (κ3) is 3.41. The predicted octanol–water partition coefficient (Wildman–Crippen LogP) is 4.90. The zero-order valence-corrected chi connectivity index (χ0v) is 14.1. The van der Waals surface area contributed by atoms with E-state index in [1.54, 1.807) is 0 Å². The number of benzene rings is 1. The second-order valence-electron chi connectivity index (χ2n) is 6.49. The van der Waals surface area contributed by atoms with Crippen molar-refractivity contribution in [3.05, 3.63) is 34.9 Å². The smallest absolute Gasteiger partial charge is 0.0823 e. The number of hydrogen-bond acceptors (Lipinski definition) is 1. The summed E-state index contributed by atoms with van der Waals surface area (Å²) in [6.45, 7) is 11.4. The lowest BCUT2D eigenvalue weighted by molar-refractivity contribution is 0.520. The minimum Gasteiger partial charge on any atom is -0.366 e. The average Bonchev–Trinajstić information content (AvgIpc) is 2.92. The van der Waals surface area contributed by atoms with Gasteiger partial charge in [-0.15, -0.1) is 0 Å². The minimum atomic E-state index is 0.560. The van der Waals surface area contributed by atoms with Crippen molar-refractivity contribution in [2.45, 2.75) is 58.8 Å². The van der Waals surface area contributed by atoms with Crippen LogP contribution in [0.1, 0.15) is 69.1 Å². The van der Waals surface area contributed by atoms with E-state index in [9.17, 15) is 0 Å². The highest BCUT2D eigenvalue weighted by Crippen LogP contribution is 2.29. The van der Waals surface area contributed by atoms with Crippen molar-refractivity contribution >= 4 is 17.2 Å². The molecule has 0 aromatic heterocycles. The summed E-state index contributed by atoms with van der Waals surface area (Å²) < 4.78 is 0. The lowest BCUT2D eigenvalue weighted by atomic mass is 9.87. The number of hydrogen-bond donors (Lipinski definition) is 0. The van der Waals surface area contributed by atoms with Crippen LogP contribution in [0.4, 0.5) is 0 Å². The van der Waals surface area contributed by atoms with Crippen LogP contribution in [0.3, 0.4) is 0 Å². The van der Waals surface area contributed by atoms with Gasteiger partial charge in [0, 0.05) is 19.5 Å². The van der Waals surface area contributed by atoms with Crippen molar-refractivity contribution in [3.63, 3.8) is 0 Å². The van der Waals surface area contributed by atoms with E-state index >= 15 is 0 Å². The highest BCUT2D eigenvalue weighted by Gasteiger charge is 2.19. The topological polar surface area (TPSA) is 3.24 Å². The number of thiocarbonyl (C=S) groups is 1. The molecule has 0 radical (unpaired) electrons. The van der Waals surface area contributed by atoms with E-state index in [2.05, 4.69) is 50.8 Å². The first-order valence-corrected chi connectivity index (χ1v) is 8.31. The van der Waals surface area contributed by atoms with E-state index < -0.39 is 0 Å². The molecule has 0 atom stereocenters. The van der Waals surface area contributed by atoms with E-state index in [-0.39, 0.29) is 0 Å². The Kier molecular flexibility index (Phi) is 5.20. The summed E-state index contributed by atoms with van der Waals surface area (Å²) in [5.41, 5.74) is 4.42. The first-order chi connectivity index (χ1) is 9.50. The first kappa shape index (κ1) is 15.5. The maximum atomic E-state index is 5.71. The maximum absolute atomic E-state index is 5.71. The molecular formula is C18H27NS. The van der Waals surface area contributed by atoms with Crippen molar-refractivity contribution in [2.75, 3.05) is 13.1 Å². The van der Waals surface area contributed by atoms with Gasteiger partial charge in [0.2, 0.25) is 0 Å². The molecule has 0 bridgehead atoms. The largest absolute Gasteiger partial charge is 0.366 e. The summed E-state index contributed by atoms with van der Waals surface area (Å²) in [4.78, 5) is 3.54. The third-order valence-corrected chi connectivity index (χ3v) is 4.68. The Bertz CT molecular complexity index is 444. The predicted molar refractivity (Wildman–Crippen MR) is 91.7 cm³/mol. The minimum absolute atomic E-state index is 0.560. The van der Waals surface area contributed by atoms with Gasteiger partial charge < -0.3 is 4.90 Å². The third-order valence-electron chi connectivity index (χ3n) is 4.28. The summed E-state index contributed by atoms with van der Waals surface area (Å²) in [6, 6.07) is 6.75. The standard InChI is InChI=1S/C18H27NS/c1-13(2)15-8-7-9-16(14(3)4)17(15)12-18(20)19-10-5-6-11-19/h7-9,13-14H,5-6,10-12H2,1-4H3. The van der Waals surface area contributed by atoms with Gasteiger partial charge in [-0.2, -0.15) is 0 Å². The molecule has 1 nitrogen and oxygen atoms in total. The lowest BCUT2D eigenvalue weighted by Crippen LogP contribution is -2.28. The highest BCUT2D eigenvalue weighted by atomic mass is 32.1. The fourth-order valence-electron chi connectivity index (χ4n) is 3.14. The summed E-state index contributed by atoms with van der Waals surface area (Å²) in [7, 11) is 0. The fraction of sp³-hybridized carbons (Fsp3) is 0.611. The SMILES string of the molecule is CC(C)c1cccc(C(C)C)c1CC(=S)N1CCCC1. The normalized spacial score (nSPS) is 15.4. The fourth-order valence-corrected chi connectivity index (χ4v) is 3.47. The molecule has 0 amide bonds. The molecule has 20 heavy (non-hydrogen) atoms. The van der Waals surface area contributed by atoms with Gasteiger partial charge in [-0.25, -0.2) is 0 Å². The van der Waals surface area contributed by atoms with Crippen molar-refractivity contribution < 1.29 is 0 Å². The van der Waals surface area contributed by atoms with Crippen LogP contribution in [-0.4, -0.2) is 23.0 Å². The Labute approximate surface area is 129 Å². The molecule has 1 aromatic carbocycles. The van der Waals surface area contributed by atoms with Crippen LogP contribution in [0.5, 0.6) is 0 Å². The molecule has 1 aliphatic rings. The molecule has 1 fully saturated rings. The molecule has 1 saturated heterocycles. The van der Waals surface area contributed by atoms with E-state index in [0.717, 1.165) is 24.5 Å². The van der Waals surface area contributed by atoms with Gasteiger partial charge in [0.05, 0.1) is 4.99 Å². The van der Waals surface area contributed by atoms with E-state index in [1.807, 2.05) is 0 Å². The molecule has 1 aliphatic heterocycles. The second-order valence-corrected chi connectivity index (χ2v) is 6.96. The van der Waals surface area contributed by atoms with Gasteiger partial charge in [0.1, 0.15) is 0 Å². The molecule has 0 unspecified atom stereocenters. The zero-order chi connectivity index (χ0) is 14.7. The monoisotopic (exact) mass is 289 g/mol. The average molecular weight is 289 g/mol. The van der Waals surface area contributed by atoms with Crippen molar-refractivity contribution in [2.24, 2.45) is 0 Å². The van der Waals surface area contributed by atoms with Gasteiger partial charge in [-0.1, -0.05) is 58.1 Å². The summed E-state index contributed by atoms with van der Waals surface area (Å²) >= 11 is 5.71. The summed E-state index contributed by atoms with van der Waals surface area (Å²) in [5, 5.41) is 0. The lowest BCUT2D eigenvalue weighted by Gasteiger charge is -2.24. The molecule has 110 valence electrons. The molecule has 2 rings (SSSR count). The number of nitrogens with zero attached hydrogens (tertiary/aromatic N) is 1. The number of rotatable bonds is 4. The summed E-state index contributed by atoms with van der Waals surface area (Å²) in [6.07, 6.45) is 3.53. The summed E-state index contributed by atoms with van der Waals surface area (Å²) in [5.74, 6) is 1.12. The van der Waals surface area contributed by atoms with Crippen LogP contribution < -0.4 is 0 Å². The highest BCUT2D eigenvalue weighted by molar-refractivity contribution is 7.80. The molecule has 0 N–H and O–H groups in total. The second kappa shape index (κ2) is 6.71. The Hall–Kier alpha value is -0.890. The molecule has 1 aromatic rings. The molecule has 0 aliphatic carbocycles. The van der Waals surface area contributed by atoms with Crippen molar-refractivity contribution in [1.29, 1.82) is 0 Å². The van der Waals surface area contributed by atoms with E-state index in [0.29, 0.717) is 11.8 Å². The molecule has 2 heteroatoms. The van der Waals surface area contributed by atoms with Crippen LogP contribution in [0, 0.1) is 0 Å². The quantitative estimate of drug-likeness (QED) is 0.725. The molecule has 0 saturated carbocycles. The maximum Gasteiger partial charge on any atom is 0.0823 e. The van der Waals surface area contributed by atoms with Crippen molar-refractivity contribution in [3.8, 4) is 0 Å². The van der Waals surface area contributed by atoms with E-state index in [4.69, 9.17) is 12.2 Å². The Morgan fingerprint density at radius 2 is 1.55 bits per heavy atom. The van der Waals surface area contributed by atoms with Gasteiger partial charge in [0.25, 0.3) is 0 Å². The van der Waals surface area contributed by atoms with Crippen molar-refractivity contribution in [1.82, 2.24) is 4.90 Å². The van der Waals surface area contributed by atoms with Crippen LogP contribution in [-0.2, 0) is 6.42 Å². The van der Waals surface area contributed by atoms with Crippen LogP contribution in [0.2, 0.25) is 0 Å². The Morgan fingerprint density at radius 3 is 2.00 bits per heavy atom. The molecular weight excluding hydrogens is 262 g/mol. The van der Waals surface area contributed by atoms with E-state index in [1.165, 1.54) is 29.5 Å². The molecule has 0 spiro atoms. The van der Waals surface area contributed by atoms with Gasteiger partial charge >= 0.3 is 0 Å². The first-order valence-electron chi connectivity index (χ1n) is 7.90. The van der Waals surface area contributed by atoms with Gasteiger partial charge in [-0.05, 0) is 41.4 Å². The zero-order valence-electron chi connectivity index (χ0n) is 13.3. The van der Waals surface area contributed by atoms with Gasteiger partial charge in [-0.3, -0.25) is 0 Å². The molecule has 1 heterocycles. The van der Waals surface area contributed by atoms with Crippen LogP contribution in [0.25, 0.3) is 0 Å². The Balaban J connectivity index is 2.30. The van der Waals surface area contributed by atoms with Gasteiger partial charge in [0.15, 0.2) is 0 Å². The number of likely N-dealkylation sites (tertiary alicyclic amines) is 1. The Morgan fingerprint density at radius 1 is 1.05 bits per heavy atom.